The zero-order valence-corrected chi connectivity index (χ0v) is 13.9. The lowest BCUT2D eigenvalue weighted by molar-refractivity contribution is -0.0250. The van der Waals surface area contributed by atoms with Gasteiger partial charge in [0.25, 0.3) is 0 Å². The summed E-state index contributed by atoms with van der Waals surface area (Å²) < 4.78 is 0. The molecule has 2 atom stereocenters. The Hall–Kier alpha value is -1.98. The molecule has 1 spiro atoms. The van der Waals surface area contributed by atoms with Crippen LogP contribution in [0.2, 0.25) is 0 Å². The van der Waals surface area contributed by atoms with Gasteiger partial charge in [0, 0.05) is 32.0 Å². The summed E-state index contributed by atoms with van der Waals surface area (Å²) in [6.07, 6.45) is 6.34. The molecule has 126 valence electrons. The minimum Gasteiger partial charge on any atom is -0.389 e. The molecule has 24 heavy (non-hydrogen) atoms. The Morgan fingerprint density at radius 3 is 2.58 bits per heavy atom. The molecule has 1 aromatic heterocycles. The third kappa shape index (κ3) is 2.78. The van der Waals surface area contributed by atoms with E-state index in [-0.39, 0.29) is 11.6 Å². The smallest absolute Gasteiger partial charge is 0.225 e. The monoisotopic (exact) mass is 324 g/mol. The van der Waals surface area contributed by atoms with E-state index in [2.05, 4.69) is 50.1 Å². The summed E-state index contributed by atoms with van der Waals surface area (Å²) in [6, 6.07) is 12.4. The number of anilines is 1. The Morgan fingerprint density at radius 1 is 1.04 bits per heavy atom. The molecule has 2 aromatic rings. The van der Waals surface area contributed by atoms with Crippen molar-refractivity contribution in [3.8, 4) is 0 Å². The van der Waals surface area contributed by atoms with Crippen LogP contribution in [0.1, 0.15) is 24.8 Å². The highest BCUT2D eigenvalue weighted by molar-refractivity contribution is 5.32. The number of nitrogens with zero attached hydrogens (tertiary/aromatic N) is 4. The second-order valence-electron chi connectivity index (χ2n) is 6.87. The molecule has 0 saturated carbocycles. The Kier molecular flexibility index (Phi) is 4.21. The minimum atomic E-state index is -0.374. The van der Waals surface area contributed by atoms with Gasteiger partial charge in [-0.3, -0.25) is 4.90 Å². The van der Waals surface area contributed by atoms with E-state index in [0.717, 1.165) is 44.8 Å². The Morgan fingerprint density at radius 2 is 1.83 bits per heavy atom. The van der Waals surface area contributed by atoms with Gasteiger partial charge in [0.05, 0.1) is 11.6 Å². The summed E-state index contributed by atoms with van der Waals surface area (Å²) in [5, 5.41) is 11.0. The SMILES string of the molecule is O[C@H]1CN(c2ncccn2)CC[C@@]12CCCN2Cc1ccccc1. The van der Waals surface area contributed by atoms with Gasteiger partial charge in [-0.2, -0.15) is 0 Å². The molecule has 2 saturated heterocycles. The summed E-state index contributed by atoms with van der Waals surface area (Å²) >= 11 is 0. The molecule has 0 unspecified atom stereocenters. The number of β-amino-alcohol motifs (C(OH)–C–C–N with tert-alkyl or cyclic N) is 1. The quantitative estimate of drug-likeness (QED) is 0.937. The molecule has 2 aliphatic rings. The minimum absolute atomic E-state index is 0.0961. The van der Waals surface area contributed by atoms with Crippen LogP contribution < -0.4 is 4.90 Å². The van der Waals surface area contributed by atoms with Crippen LogP contribution in [0.25, 0.3) is 0 Å². The van der Waals surface area contributed by atoms with Gasteiger partial charge in [0.15, 0.2) is 0 Å². The van der Waals surface area contributed by atoms with Crippen LogP contribution in [-0.2, 0) is 6.54 Å². The van der Waals surface area contributed by atoms with Gasteiger partial charge in [0.1, 0.15) is 0 Å². The van der Waals surface area contributed by atoms with E-state index in [4.69, 9.17) is 0 Å². The second-order valence-corrected chi connectivity index (χ2v) is 6.87. The van der Waals surface area contributed by atoms with E-state index in [1.54, 1.807) is 12.4 Å². The molecule has 4 rings (SSSR count). The number of piperidine rings is 1. The Balaban J connectivity index is 1.50. The molecule has 0 radical (unpaired) electrons. The lowest BCUT2D eigenvalue weighted by Gasteiger charge is -2.48. The number of rotatable bonds is 3. The first-order valence-electron chi connectivity index (χ1n) is 8.77. The Labute approximate surface area is 143 Å². The fraction of sp³-hybridized carbons (Fsp3) is 0.474. The summed E-state index contributed by atoms with van der Waals surface area (Å²) in [7, 11) is 0. The summed E-state index contributed by atoms with van der Waals surface area (Å²) in [5.74, 6) is 0.721. The normalized spacial score (nSPS) is 27.7. The molecule has 0 bridgehead atoms. The van der Waals surface area contributed by atoms with Crippen LogP contribution in [0.5, 0.6) is 0 Å². The van der Waals surface area contributed by atoms with E-state index in [9.17, 15) is 5.11 Å². The highest BCUT2D eigenvalue weighted by Crippen LogP contribution is 2.40. The third-order valence-electron chi connectivity index (χ3n) is 5.55. The molecular weight excluding hydrogens is 300 g/mol. The zero-order chi connectivity index (χ0) is 16.4. The summed E-state index contributed by atoms with van der Waals surface area (Å²) in [4.78, 5) is 13.3. The Bertz CT molecular complexity index is 666. The second kappa shape index (κ2) is 6.49. The number of aliphatic hydroxyl groups is 1. The van der Waals surface area contributed by atoms with Crippen LogP contribution in [-0.4, -0.2) is 51.3 Å². The number of likely N-dealkylation sites (tertiary alicyclic amines) is 1. The number of hydrogen-bond acceptors (Lipinski definition) is 5. The van der Waals surface area contributed by atoms with Crippen LogP contribution in [0.15, 0.2) is 48.8 Å². The van der Waals surface area contributed by atoms with Gasteiger partial charge in [-0.05, 0) is 37.4 Å². The van der Waals surface area contributed by atoms with Crippen molar-refractivity contribution in [1.29, 1.82) is 0 Å². The van der Waals surface area contributed by atoms with Gasteiger partial charge < -0.3 is 10.0 Å². The first-order chi connectivity index (χ1) is 11.8. The van der Waals surface area contributed by atoms with Crippen molar-refractivity contribution in [2.75, 3.05) is 24.5 Å². The molecule has 5 heteroatoms. The van der Waals surface area contributed by atoms with Gasteiger partial charge >= 0.3 is 0 Å². The molecule has 2 fully saturated rings. The third-order valence-corrected chi connectivity index (χ3v) is 5.55. The van der Waals surface area contributed by atoms with E-state index in [1.165, 1.54) is 5.56 Å². The van der Waals surface area contributed by atoms with E-state index in [0.29, 0.717) is 6.54 Å². The van der Waals surface area contributed by atoms with Crippen LogP contribution in [0.4, 0.5) is 5.95 Å². The van der Waals surface area contributed by atoms with E-state index >= 15 is 0 Å². The number of aromatic nitrogens is 2. The van der Waals surface area contributed by atoms with Gasteiger partial charge in [0.2, 0.25) is 5.95 Å². The molecule has 0 aliphatic carbocycles. The standard InChI is InChI=1S/C19H24N4O/c24-17-15-22(18-20-10-5-11-21-18)13-9-19(17)8-4-12-23(19)14-16-6-2-1-3-7-16/h1-3,5-7,10-11,17,24H,4,8-9,12-15H2/t17-,19-/m0/s1. The fourth-order valence-corrected chi connectivity index (χ4v) is 4.26. The number of hydrogen-bond donors (Lipinski definition) is 1. The van der Waals surface area contributed by atoms with Crippen molar-refractivity contribution >= 4 is 5.95 Å². The van der Waals surface area contributed by atoms with Crippen molar-refractivity contribution in [2.24, 2.45) is 0 Å². The topological polar surface area (TPSA) is 52.5 Å². The predicted octanol–water partition coefficient (Wildman–Crippen LogP) is 2.08. The average molecular weight is 324 g/mol. The van der Waals surface area contributed by atoms with Crippen LogP contribution >= 0.6 is 0 Å². The molecule has 0 amide bonds. The lowest BCUT2D eigenvalue weighted by Crippen LogP contribution is -2.61. The van der Waals surface area contributed by atoms with Crippen molar-refractivity contribution < 1.29 is 5.11 Å². The summed E-state index contributed by atoms with van der Waals surface area (Å²) in [5.41, 5.74) is 1.22. The van der Waals surface area contributed by atoms with Crippen molar-refractivity contribution in [3.05, 3.63) is 54.4 Å². The molecule has 1 aromatic carbocycles. The maximum Gasteiger partial charge on any atom is 0.225 e. The number of benzene rings is 1. The molecular formula is C19H24N4O. The van der Waals surface area contributed by atoms with Gasteiger partial charge in [-0.15, -0.1) is 0 Å². The molecule has 5 nitrogen and oxygen atoms in total. The zero-order valence-electron chi connectivity index (χ0n) is 13.9. The number of aliphatic hydroxyl groups excluding tert-OH is 1. The van der Waals surface area contributed by atoms with Crippen LogP contribution in [0.3, 0.4) is 0 Å². The van der Waals surface area contributed by atoms with E-state index in [1.807, 2.05) is 6.07 Å². The van der Waals surface area contributed by atoms with Gasteiger partial charge in [-0.25, -0.2) is 9.97 Å². The highest BCUT2D eigenvalue weighted by Gasteiger charge is 2.49. The predicted molar refractivity (Wildman–Crippen MR) is 93.7 cm³/mol. The maximum absolute atomic E-state index is 11.0. The van der Waals surface area contributed by atoms with Crippen molar-refractivity contribution in [1.82, 2.24) is 14.9 Å². The van der Waals surface area contributed by atoms with Gasteiger partial charge in [-0.1, -0.05) is 30.3 Å². The first-order valence-corrected chi connectivity index (χ1v) is 8.77. The summed E-state index contributed by atoms with van der Waals surface area (Å²) in [6.45, 7) is 3.48. The lowest BCUT2D eigenvalue weighted by atomic mass is 9.82. The maximum atomic E-state index is 11.0. The molecule has 3 heterocycles. The fourth-order valence-electron chi connectivity index (χ4n) is 4.26. The van der Waals surface area contributed by atoms with Crippen molar-refractivity contribution in [3.63, 3.8) is 0 Å². The average Bonchev–Trinajstić information content (AvgIpc) is 3.02. The van der Waals surface area contributed by atoms with Crippen LogP contribution in [0, 0.1) is 0 Å². The molecule has 1 N–H and O–H groups in total. The van der Waals surface area contributed by atoms with Crippen molar-refractivity contribution in [2.45, 2.75) is 37.5 Å². The molecule has 2 aliphatic heterocycles. The highest BCUT2D eigenvalue weighted by atomic mass is 16.3. The largest absolute Gasteiger partial charge is 0.389 e. The first kappa shape index (κ1) is 15.5. The van der Waals surface area contributed by atoms with E-state index < -0.39 is 0 Å².